The van der Waals surface area contributed by atoms with Crippen LogP contribution < -0.4 is 14.4 Å². The van der Waals surface area contributed by atoms with Crippen LogP contribution in [0.15, 0.2) is 42.5 Å². The van der Waals surface area contributed by atoms with Gasteiger partial charge in [-0.2, -0.15) is 0 Å². The molecule has 0 bridgehead atoms. The van der Waals surface area contributed by atoms with Crippen molar-refractivity contribution < 1.29 is 23.8 Å². The molecular formula is C23H27NO5. The Bertz CT molecular complexity index is 908. The molecule has 1 heterocycles. The monoisotopic (exact) mass is 397 g/mol. The van der Waals surface area contributed by atoms with Gasteiger partial charge < -0.3 is 19.1 Å². The minimum Gasteiger partial charge on any atom is -0.481 e. The van der Waals surface area contributed by atoms with Crippen molar-refractivity contribution in [1.29, 1.82) is 0 Å². The number of esters is 1. The van der Waals surface area contributed by atoms with Crippen molar-refractivity contribution >= 4 is 17.6 Å². The largest absolute Gasteiger partial charge is 0.481 e. The molecule has 0 radical (unpaired) electrons. The van der Waals surface area contributed by atoms with Gasteiger partial charge in [0.25, 0.3) is 5.91 Å². The highest BCUT2D eigenvalue weighted by atomic mass is 16.6. The summed E-state index contributed by atoms with van der Waals surface area (Å²) in [6.45, 7) is 7.95. The molecule has 0 saturated heterocycles. The van der Waals surface area contributed by atoms with E-state index in [0.29, 0.717) is 17.2 Å². The number of anilines is 1. The van der Waals surface area contributed by atoms with E-state index in [1.54, 1.807) is 25.1 Å². The fraction of sp³-hybridized carbons (Fsp3) is 0.391. The lowest BCUT2D eigenvalue weighted by Gasteiger charge is -2.35. The molecule has 3 rings (SSSR count). The first-order valence-electron chi connectivity index (χ1n) is 9.74. The topological polar surface area (TPSA) is 65.1 Å². The second-order valence-corrected chi connectivity index (χ2v) is 7.50. The normalized spacial score (nSPS) is 16.6. The standard InChI is InChI=1S/C23H27NO5/c1-14(2)17-11-10-15(3)12-20(17)28-16(4)22(25)24-13-21(23(26)27-5)29-19-9-7-6-8-18(19)24/h6-12,14,16,21H,13H2,1-5H3/t16-,21-/m1/s1. The smallest absolute Gasteiger partial charge is 0.348 e. The number of fused-ring (bicyclic) bond motifs is 1. The lowest BCUT2D eigenvalue weighted by molar-refractivity contribution is -0.148. The second kappa shape index (κ2) is 8.55. The average Bonchev–Trinajstić information content (AvgIpc) is 2.71. The quantitative estimate of drug-likeness (QED) is 0.717. The van der Waals surface area contributed by atoms with Gasteiger partial charge in [0.1, 0.15) is 11.5 Å². The Morgan fingerprint density at radius 3 is 2.55 bits per heavy atom. The Hall–Kier alpha value is -3.02. The predicted molar refractivity (Wildman–Crippen MR) is 111 cm³/mol. The summed E-state index contributed by atoms with van der Waals surface area (Å²) in [7, 11) is 1.30. The van der Waals surface area contributed by atoms with Gasteiger partial charge in [-0.05, 0) is 49.1 Å². The Morgan fingerprint density at radius 2 is 1.86 bits per heavy atom. The van der Waals surface area contributed by atoms with Crippen LogP contribution in [0, 0.1) is 6.92 Å². The second-order valence-electron chi connectivity index (χ2n) is 7.50. The third kappa shape index (κ3) is 4.36. The van der Waals surface area contributed by atoms with Gasteiger partial charge in [-0.15, -0.1) is 0 Å². The number of carbonyl (C=O) groups is 2. The minimum atomic E-state index is -0.878. The third-order valence-corrected chi connectivity index (χ3v) is 4.95. The van der Waals surface area contributed by atoms with Crippen molar-refractivity contribution in [2.24, 2.45) is 0 Å². The molecule has 0 N–H and O–H groups in total. The SMILES string of the molecule is COC(=O)[C@H]1CN(C(=O)[C@@H](C)Oc2cc(C)ccc2C(C)C)c2ccccc2O1. The van der Waals surface area contributed by atoms with E-state index in [1.165, 1.54) is 12.0 Å². The van der Waals surface area contributed by atoms with Gasteiger partial charge >= 0.3 is 5.97 Å². The van der Waals surface area contributed by atoms with Crippen molar-refractivity contribution in [2.45, 2.75) is 45.8 Å². The molecule has 2 aromatic rings. The first kappa shape index (κ1) is 20.7. The minimum absolute atomic E-state index is 0.0705. The molecule has 6 nitrogen and oxygen atoms in total. The first-order chi connectivity index (χ1) is 13.8. The van der Waals surface area contributed by atoms with Gasteiger partial charge in [-0.3, -0.25) is 4.79 Å². The lowest BCUT2D eigenvalue weighted by atomic mass is 10.0. The number of rotatable bonds is 5. The first-order valence-corrected chi connectivity index (χ1v) is 9.74. The van der Waals surface area contributed by atoms with E-state index in [1.807, 2.05) is 31.2 Å². The molecule has 1 amide bonds. The molecule has 2 aromatic carbocycles. The Morgan fingerprint density at radius 1 is 1.14 bits per heavy atom. The van der Waals surface area contributed by atoms with Crippen LogP contribution in [0.25, 0.3) is 0 Å². The summed E-state index contributed by atoms with van der Waals surface area (Å²) >= 11 is 0. The number of amides is 1. The van der Waals surface area contributed by atoms with Gasteiger partial charge in [0.2, 0.25) is 6.10 Å². The molecule has 0 aromatic heterocycles. The van der Waals surface area contributed by atoms with Crippen LogP contribution >= 0.6 is 0 Å². The van der Waals surface area contributed by atoms with Crippen molar-refractivity contribution in [3.63, 3.8) is 0 Å². The van der Waals surface area contributed by atoms with Crippen LogP contribution in [-0.4, -0.2) is 37.7 Å². The number of nitrogens with zero attached hydrogens (tertiary/aromatic N) is 1. The van der Waals surface area contributed by atoms with Crippen LogP contribution in [0.3, 0.4) is 0 Å². The highest BCUT2D eigenvalue weighted by Gasteiger charge is 2.36. The van der Waals surface area contributed by atoms with Gasteiger partial charge in [-0.25, -0.2) is 4.79 Å². The van der Waals surface area contributed by atoms with Crippen LogP contribution in [0.2, 0.25) is 0 Å². The Kier molecular flexibility index (Phi) is 6.11. The van der Waals surface area contributed by atoms with Crippen molar-refractivity contribution in [2.75, 3.05) is 18.6 Å². The van der Waals surface area contributed by atoms with Gasteiger partial charge in [-0.1, -0.05) is 38.1 Å². The summed E-state index contributed by atoms with van der Waals surface area (Å²) in [5.74, 6) is 0.665. The maximum absolute atomic E-state index is 13.3. The molecule has 154 valence electrons. The molecule has 2 atom stereocenters. The zero-order valence-electron chi connectivity index (χ0n) is 17.5. The van der Waals surface area contributed by atoms with Crippen LogP contribution in [0.4, 0.5) is 5.69 Å². The van der Waals surface area contributed by atoms with Crippen LogP contribution in [-0.2, 0) is 14.3 Å². The third-order valence-electron chi connectivity index (χ3n) is 4.95. The number of benzene rings is 2. The van der Waals surface area contributed by atoms with Gasteiger partial charge in [0.15, 0.2) is 6.10 Å². The van der Waals surface area contributed by atoms with E-state index < -0.39 is 18.2 Å². The van der Waals surface area contributed by atoms with E-state index in [4.69, 9.17) is 14.2 Å². The number of aryl methyl sites for hydroxylation is 1. The molecule has 1 aliphatic rings. The van der Waals surface area contributed by atoms with Crippen molar-refractivity contribution in [1.82, 2.24) is 0 Å². The van der Waals surface area contributed by atoms with E-state index >= 15 is 0 Å². The zero-order valence-corrected chi connectivity index (χ0v) is 17.5. The van der Waals surface area contributed by atoms with Crippen molar-refractivity contribution in [3.05, 3.63) is 53.6 Å². The summed E-state index contributed by atoms with van der Waals surface area (Å²) in [4.78, 5) is 26.9. The fourth-order valence-corrected chi connectivity index (χ4v) is 3.38. The molecule has 0 spiro atoms. The van der Waals surface area contributed by atoms with Crippen LogP contribution in [0.5, 0.6) is 11.5 Å². The highest BCUT2D eigenvalue weighted by molar-refractivity contribution is 5.99. The lowest BCUT2D eigenvalue weighted by Crippen LogP contribution is -2.51. The van der Waals surface area contributed by atoms with E-state index in [-0.39, 0.29) is 18.4 Å². The predicted octanol–water partition coefficient (Wildman–Crippen LogP) is 3.85. The molecule has 0 fully saturated rings. The molecule has 6 heteroatoms. The van der Waals surface area contributed by atoms with Gasteiger partial charge in [0, 0.05) is 0 Å². The number of ether oxygens (including phenoxy) is 3. The maximum atomic E-state index is 13.3. The summed E-state index contributed by atoms with van der Waals surface area (Å²) < 4.78 is 16.6. The summed E-state index contributed by atoms with van der Waals surface area (Å²) in [5, 5.41) is 0. The molecule has 1 aliphatic heterocycles. The molecular weight excluding hydrogens is 370 g/mol. The number of hydrogen-bond acceptors (Lipinski definition) is 5. The summed E-state index contributed by atoms with van der Waals surface area (Å²) in [6, 6.07) is 13.2. The molecule has 0 unspecified atom stereocenters. The number of carbonyl (C=O) groups excluding carboxylic acids is 2. The zero-order chi connectivity index (χ0) is 21.1. The Balaban J connectivity index is 1.87. The van der Waals surface area contributed by atoms with E-state index in [9.17, 15) is 9.59 Å². The number of hydrogen-bond donors (Lipinski definition) is 0. The average molecular weight is 397 g/mol. The molecule has 29 heavy (non-hydrogen) atoms. The van der Waals surface area contributed by atoms with Crippen LogP contribution in [0.1, 0.15) is 37.8 Å². The van der Waals surface area contributed by atoms with Gasteiger partial charge in [0.05, 0.1) is 19.3 Å². The van der Waals surface area contributed by atoms with E-state index in [2.05, 4.69) is 13.8 Å². The Labute approximate surface area is 171 Å². The summed E-state index contributed by atoms with van der Waals surface area (Å²) in [5.41, 5.74) is 2.72. The number of methoxy groups -OCH3 is 1. The highest BCUT2D eigenvalue weighted by Crippen LogP contribution is 2.34. The summed E-state index contributed by atoms with van der Waals surface area (Å²) in [6.07, 6.45) is -1.62. The van der Waals surface area contributed by atoms with Crippen molar-refractivity contribution in [3.8, 4) is 11.5 Å². The maximum Gasteiger partial charge on any atom is 0.348 e. The van der Waals surface area contributed by atoms with E-state index in [0.717, 1.165) is 11.1 Å². The number of para-hydroxylation sites is 2. The molecule has 0 saturated carbocycles. The fourth-order valence-electron chi connectivity index (χ4n) is 3.38. The molecule has 0 aliphatic carbocycles.